The van der Waals surface area contributed by atoms with E-state index < -0.39 is 0 Å². The molecule has 14 heavy (non-hydrogen) atoms. The lowest BCUT2D eigenvalue weighted by molar-refractivity contribution is 0.0811. The zero-order valence-electron chi connectivity index (χ0n) is 8.20. The van der Waals surface area contributed by atoms with Crippen LogP contribution in [0.5, 0.6) is 0 Å². The molecule has 1 aliphatic rings. The molecule has 1 aromatic carbocycles. The Hall–Kier alpha value is -1.64. The third kappa shape index (κ3) is 1.13. The highest BCUT2D eigenvalue weighted by molar-refractivity contribution is 6.09. The van der Waals surface area contributed by atoms with E-state index in [1.165, 1.54) is 6.92 Å². The standard InChI is InChI=1S/C11H11NO2/c1-7(13)9-5-3-4-8-6-12(2)11(14)10(8)9/h3-5H,6H2,1-2H3. The second-order valence-corrected chi connectivity index (χ2v) is 3.56. The van der Waals surface area contributed by atoms with Crippen molar-refractivity contribution in [1.29, 1.82) is 0 Å². The molecule has 3 nitrogen and oxygen atoms in total. The summed E-state index contributed by atoms with van der Waals surface area (Å²) in [4.78, 5) is 24.6. The van der Waals surface area contributed by atoms with Crippen molar-refractivity contribution < 1.29 is 9.59 Å². The Kier molecular flexibility index (Phi) is 1.88. The molecular formula is C11H11NO2. The third-order valence-corrected chi connectivity index (χ3v) is 2.50. The molecule has 1 aliphatic heterocycles. The molecule has 0 spiro atoms. The van der Waals surface area contributed by atoms with Crippen LogP contribution in [0.25, 0.3) is 0 Å². The normalized spacial score (nSPS) is 14.4. The molecule has 0 aromatic heterocycles. The number of amides is 1. The number of hydrogen-bond acceptors (Lipinski definition) is 2. The van der Waals surface area contributed by atoms with Gasteiger partial charge in [0.1, 0.15) is 0 Å². The van der Waals surface area contributed by atoms with Gasteiger partial charge in [0, 0.05) is 19.2 Å². The smallest absolute Gasteiger partial charge is 0.254 e. The number of carbonyl (C=O) groups is 2. The van der Waals surface area contributed by atoms with Crippen LogP contribution in [-0.4, -0.2) is 23.6 Å². The zero-order valence-corrected chi connectivity index (χ0v) is 8.20. The highest BCUT2D eigenvalue weighted by Crippen LogP contribution is 2.24. The second-order valence-electron chi connectivity index (χ2n) is 3.56. The number of nitrogens with zero attached hydrogens (tertiary/aromatic N) is 1. The fourth-order valence-corrected chi connectivity index (χ4v) is 1.80. The molecule has 0 unspecified atom stereocenters. The van der Waals surface area contributed by atoms with E-state index in [0.717, 1.165) is 5.56 Å². The average Bonchev–Trinajstić information content (AvgIpc) is 2.43. The summed E-state index contributed by atoms with van der Waals surface area (Å²) in [6.07, 6.45) is 0. The molecule has 0 saturated carbocycles. The van der Waals surface area contributed by atoms with E-state index in [0.29, 0.717) is 17.7 Å². The summed E-state index contributed by atoms with van der Waals surface area (Å²) in [6, 6.07) is 5.42. The van der Waals surface area contributed by atoms with E-state index >= 15 is 0 Å². The van der Waals surface area contributed by atoms with E-state index in [2.05, 4.69) is 0 Å². The van der Waals surface area contributed by atoms with Crippen LogP contribution in [0.3, 0.4) is 0 Å². The van der Waals surface area contributed by atoms with Gasteiger partial charge in [0.15, 0.2) is 5.78 Å². The van der Waals surface area contributed by atoms with Crippen LogP contribution in [0.4, 0.5) is 0 Å². The summed E-state index contributed by atoms with van der Waals surface area (Å²) in [6.45, 7) is 2.09. The Morgan fingerprint density at radius 3 is 2.79 bits per heavy atom. The molecule has 0 saturated heterocycles. The van der Waals surface area contributed by atoms with Crippen molar-refractivity contribution >= 4 is 11.7 Å². The molecule has 1 amide bonds. The van der Waals surface area contributed by atoms with Gasteiger partial charge in [0.2, 0.25) is 0 Å². The fraction of sp³-hybridized carbons (Fsp3) is 0.273. The number of benzene rings is 1. The van der Waals surface area contributed by atoms with Crippen LogP contribution in [0.2, 0.25) is 0 Å². The largest absolute Gasteiger partial charge is 0.337 e. The van der Waals surface area contributed by atoms with Crippen LogP contribution in [0.15, 0.2) is 18.2 Å². The van der Waals surface area contributed by atoms with Gasteiger partial charge < -0.3 is 4.90 Å². The Morgan fingerprint density at radius 2 is 2.14 bits per heavy atom. The summed E-state index contributed by atoms with van der Waals surface area (Å²) in [5.74, 6) is -0.101. The van der Waals surface area contributed by atoms with Gasteiger partial charge in [-0.3, -0.25) is 9.59 Å². The summed E-state index contributed by atoms with van der Waals surface area (Å²) in [5.41, 5.74) is 2.07. The number of ketones is 1. The minimum atomic E-state index is -0.0505. The van der Waals surface area contributed by atoms with E-state index in [1.54, 1.807) is 18.0 Å². The number of carbonyl (C=O) groups excluding carboxylic acids is 2. The lowest BCUT2D eigenvalue weighted by Gasteiger charge is -2.05. The Bertz CT molecular complexity index is 423. The maximum absolute atomic E-state index is 11.7. The quantitative estimate of drug-likeness (QED) is 0.627. The van der Waals surface area contributed by atoms with Gasteiger partial charge in [0.05, 0.1) is 5.56 Å². The minimum absolute atomic E-state index is 0.0502. The maximum Gasteiger partial charge on any atom is 0.254 e. The molecule has 72 valence electrons. The average molecular weight is 189 g/mol. The lowest BCUT2D eigenvalue weighted by Crippen LogP contribution is -2.18. The molecule has 3 heteroatoms. The molecule has 1 aromatic rings. The molecule has 0 aliphatic carbocycles. The molecule has 0 atom stereocenters. The van der Waals surface area contributed by atoms with Gasteiger partial charge in [-0.2, -0.15) is 0 Å². The molecule has 1 heterocycles. The Balaban J connectivity index is 2.64. The van der Waals surface area contributed by atoms with Crippen LogP contribution >= 0.6 is 0 Å². The summed E-state index contributed by atoms with van der Waals surface area (Å²) in [7, 11) is 1.74. The lowest BCUT2D eigenvalue weighted by atomic mass is 10.0. The van der Waals surface area contributed by atoms with Crippen molar-refractivity contribution in [1.82, 2.24) is 4.90 Å². The van der Waals surface area contributed by atoms with Crippen LogP contribution < -0.4 is 0 Å². The Morgan fingerprint density at radius 1 is 1.43 bits per heavy atom. The first-order valence-electron chi connectivity index (χ1n) is 4.49. The monoisotopic (exact) mass is 189 g/mol. The molecule has 0 bridgehead atoms. The number of Topliss-reactive ketones (excluding diaryl/α,β-unsaturated/α-hetero) is 1. The van der Waals surface area contributed by atoms with Crippen LogP contribution in [0.1, 0.15) is 33.2 Å². The number of fused-ring (bicyclic) bond motifs is 1. The van der Waals surface area contributed by atoms with Crippen molar-refractivity contribution in [3.63, 3.8) is 0 Å². The highest BCUT2D eigenvalue weighted by Gasteiger charge is 2.27. The van der Waals surface area contributed by atoms with Gasteiger partial charge >= 0.3 is 0 Å². The first-order valence-corrected chi connectivity index (χ1v) is 4.49. The molecule has 0 fully saturated rings. The van der Waals surface area contributed by atoms with Crippen molar-refractivity contribution in [2.75, 3.05) is 7.05 Å². The van der Waals surface area contributed by atoms with E-state index in [9.17, 15) is 9.59 Å². The number of hydrogen-bond donors (Lipinski definition) is 0. The molecule has 0 N–H and O–H groups in total. The predicted octanol–water partition coefficient (Wildman–Crippen LogP) is 1.47. The van der Waals surface area contributed by atoms with Gasteiger partial charge in [-0.05, 0) is 12.5 Å². The second kappa shape index (κ2) is 2.94. The molecule has 0 radical (unpaired) electrons. The summed E-state index contributed by atoms with van der Waals surface area (Å²) < 4.78 is 0. The van der Waals surface area contributed by atoms with Gasteiger partial charge in [-0.15, -0.1) is 0 Å². The molecule has 2 rings (SSSR count). The predicted molar refractivity (Wildman–Crippen MR) is 52.2 cm³/mol. The van der Waals surface area contributed by atoms with Crippen molar-refractivity contribution in [3.05, 3.63) is 34.9 Å². The van der Waals surface area contributed by atoms with Crippen LogP contribution in [0, 0.1) is 0 Å². The highest BCUT2D eigenvalue weighted by atomic mass is 16.2. The maximum atomic E-state index is 11.7. The van der Waals surface area contributed by atoms with E-state index in [-0.39, 0.29) is 11.7 Å². The third-order valence-electron chi connectivity index (χ3n) is 2.50. The first kappa shape index (κ1) is 8.94. The van der Waals surface area contributed by atoms with Crippen LogP contribution in [-0.2, 0) is 6.54 Å². The van der Waals surface area contributed by atoms with Crippen molar-refractivity contribution in [2.45, 2.75) is 13.5 Å². The molecular weight excluding hydrogens is 178 g/mol. The van der Waals surface area contributed by atoms with Crippen molar-refractivity contribution in [2.24, 2.45) is 0 Å². The van der Waals surface area contributed by atoms with Gasteiger partial charge in [-0.1, -0.05) is 18.2 Å². The Labute approximate surface area is 82.3 Å². The van der Waals surface area contributed by atoms with Crippen molar-refractivity contribution in [3.8, 4) is 0 Å². The topological polar surface area (TPSA) is 37.4 Å². The zero-order chi connectivity index (χ0) is 10.3. The minimum Gasteiger partial charge on any atom is -0.337 e. The van der Waals surface area contributed by atoms with E-state index in [1.807, 2.05) is 12.1 Å². The summed E-state index contributed by atoms with van der Waals surface area (Å²) in [5, 5.41) is 0. The fourth-order valence-electron chi connectivity index (χ4n) is 1.80. The SMILES string of the molecule is CC(=O)c1cccc2c1C(=O)N(C)C2. The summed E-state index contributed by atoms with van der Waals surface area (Å²) >= 11 is 0. The first-order chi connectivity index (χ1) is 6.61. The van der Waals surface area contributed by atoms with Gasteiger partial charge in [-0.25, -0.2) is 0 Å². The van der Waals surface area contributed by atoms with E-state index in [4.69, 9.17) is 0 Å². The number of rotatable bonds is 1. The van der Waals surface area contributed by atoms with Gasteiger partial charge in [0.25, 0.3) is 5.91 Å².